The predicted molar refractivity (Wildman–Crippen MR) is 176 cm³/mol. The molecule has 0 nitrogen and oxygen atoms in total. The molecule has 25 heteroatoms. The Labute approximate surface area is 341 Å². The van der Waals surface area contributed by atoms with Crippen LogP contribution in [0.15, 0.2) is 36.4 Å². The van der Waals surface area contributed by atoms with E-state index in [1.807, 2.05) is 6.92 Å². The standard InChI is InChI=1S/C16H11F15.C12H11F7.C10H11F3/c1-6-5-9(12(21,22)14(25,26)15(27,28)16(29,30)31)7(2)4-8(6)11(19,20)13(23,24)10(3,17)18;1-6-5-9(11(15,16)12(17,18)19)7(2)4-8(6)10(3,13)14;1-6-4-8(3)9(5-7(6)2)10(11,12)13/h4-5H,1-3H3;4-5H,1-3H3;4-5H,1-3H3. The van der Waals surface area contributed by atoms with Gasteiger partial charge in [-0.15, -0.1) is 0 Å². The van der Waals surface area contributed by atoms with Gasteiger partial charge in [-0.3, -0.25) is 0 Å². The van der Waals surface area contributed by atoms with Crippen LogP contribution in [0.5, 0.6) is 0 Å². The maximum absolute atomic E-state index is 14.1. The third kappa shape index (κ3) is 11.1. The van der Waals surface area contributed by atoms with Crippen molar-refractivity contribution in [1.82, 2.24) is 0 Å². The van der Waals surface area contributed by atoms with Crippen molar-refractivity contribution in [2.45, 2.75) is 128 Å². The minimum atomic E-state index is -7.29. The van der Waals surface area contributed by atoms with Crippen LogP contribution in [0.2, 0.25) is 0 Å². The lowest BCUT2D eigenvalue weighted by atomic mass is 9.87. The minimum Gasteiger partial charge on any atom is -0.202 e. The SMILES string of the molecule is Cc1cc(C(F)(F)C(F)(F)C(F)(F)C(F)(F)F)c(C)cc1C(F)(F)C(F)(F)C(C)(F)F.Cc1cc(C(F)(F)C(F)(F)F)c(C)cc1C(C)(F)F.Cc1cc(C)c(C(F)(F)F)cc1C. The molecule has 0 saturated carbocycles. The lowest BCUT2D eigenvalue weighted by Crippen LogP contribution is -2.59. The molecule has 0 N–H and O–H groups in total. The molecule has 0 heterocycles. The van der Waals surface area contributed by atoms with Gasteiger partial charge in [0.2, 0.25) is 0 Å². The summed E-state index contributed by atoms with van der Waals surface area (Å²) in [5.74, 6) is -46.4. The number of rotatable bonds is 8. The maximum Gasteiger partial charge on any atom is 0.460 e. The van der Waals surface area contributed by atoms with E-state index in [1.54, 1.807) is 13.0 Å². The fraction of sp³-hybridized carbons (Fsp3) is 0.526. The Hall–Kier alpha value is -4.09. The summed E-state index contributed by atoms with van der Waals surface area (Å²) in [6.07, 6.45) is -17.1. The van der Waals surface area contributed by atoms with Crippen LogP contribution in [0.4, 0.5) is 110 Å². The minimum absolute atomic E-state index is 0.228. The molecule has 0 aliphatic carbocycles. The third-order valence-electron chi connectivity index (χ3n) is 9.22. The van der Waals surface area contributed by atoms with E-state index in [4.69, 9.17) is 0 Å². The molecule has 0 bridgehead atoms. The highest BCUT2D eigenvalue weighted by Crippen LogP contribution is 2.58. The molecule has 0 atom stereocenters. The summed E-state index contributed by atoms with van der Waals surface area (Å²) in [7, 11) is 0. The highest BCUT2D eigenvalue weighted by atomic mass is 19.4. The zero-order chi connectivity index (χ0) is 50.7. The zero-order valence-corrected chi connectivity index (χ0v) is 33.4. The van der Waals surface area contributed by atoms with Gasteiger partial charge in [0.15, 0.2) is 0 Å². The van der Waals surface area contributed by atoms with Gasteiger partial charge >= 0.3 is 60.0 Å². The molecule has 0 unspecified atom stereocenters. The summed E-state index contributed by atoms with van der Waals surface area (Å²) in [5, 5.41) is 0. The second kappa shape index (κ2) is 17.4. The molecule has 0 radical (unpaired) electrons. The summed E-state index contributed by atoms with van der Waals surface area (Å²) in [5.41, 5.74) is -8.78. The van der Waals surface area contributed by atoms with Crippen molar-refractivity contribution in [3.05, 3.63) is 103 Å². The maximum atomic E-state index is 14.1. The molecule has 3 aromatic rings. The van der Waals surface area contributed by atoms with Crippen molar-refractivity contribution < 1.29 is 110 Å². The van der Waals surface area contributed by atoms with Crippen LogP contribution in [-0.4, -0.2) is 36.0 Å². The van der Waals surface area contributed by atoms with Crippen molar-refractivity contribution >= 4 is 0 Å². The summed E-state index contributed by atoms with van der Waals surface area (Å²) in [6, 6.07) is 3.05. The molecule has 0 fully saturated rings. The molecule has 0 spiro atoms. The summed E-state index contributed by atoms with van der Waals surface area (Å²) in [6.45, 7) is 7.47. The average molecular weight is 965 g/mol. The van der Waals surface area contributed by atoms with E-state index in [2.05, 4.69) is 0 Å². The molecule has 0 saturated heterocycles. The molecule has 0 aromatic heterocycles. The Morgan fingerprint density at radius 2 is 0.540 bits per heavy atom. The molecule has 0 amide bonds. The van der Waals surface area contributed by atoms with Crippen LogP contribution in [0.25, 0.3) is 0 Å². The first-order valence-electron chi connectivity index (χ1n) is 16.9. The van der Waals surface area contributed by atoms with E-state index >= 15 is 0 Å². The number of aryl methyl sites for hydroxylation is 7. The summed E-state index contributed by atoms with van der Waals surface area (Å²) < 4.78 is 326. The zero-order valence-electron chi connectivity index (χ0n) is 33.4. The van der Waals surface area contributed by atoms with Gasteiger partial charge in [0.1, 0.15) is 0 Å². The fourth-order valence-corrected chi connectivity index (χ4v) is 5.53. The number of halogens is 25. The van der Waals surface area contributed by atoms with Crippen molar-refractivity contribution in [1.29, 1.82) is 0 Å². The normalized spacial score (nSPS) is 14.2. The molecule has 63 heavy (non-hydrogen) atoms. The summed E-state index contributed by atoms with van der Waals surface area (Å²) >= 11 is 0. The average Bonchev–Trinajstić information content (AvgIpc) is 3.05. The smallest absolute Gasteiger partial charge is 0.202 e. The monoisotopic (exact) mass is 964 g/mol. The van der Waals surface area contributed by atoms with Gasteiger partial charge in [0, 0.05) is 36.1 Å². The largest absolute Gasteiger partial charge is 0.460 e. The topological polar surface area (TPSA) is 0 Å². The van der Waals surface area contributed by atoms with Crippen LogP contribution in [0.3, 0.4) is 0 Å². The first kappa shape index (κ1) is 56.9. The van der Waals surface area contributed by atoms with E-state index in [9.17, 15) is 110 Å². The Morgan fingerprint density at radius 3 is 0.841 bits per heavy atom. The van der Waals surface area contributed by atoms with E-state index in [0.717, 1.165) is 19.4 Å². The molecular weight excluding hydrogens is 931 g/mol. The van der Waals surface area contributed by atoms with Crippen molar-refractivity contribution in [3.63, 3.8) is 0 Å². The Morgan fingerprint density at radius 1 is 0.270 bits per heavy atom. The lowest BCUT2D eigenvalue weighted by molar-refractivity contribution is -0.399. The van der Waals surface area contributed by atoms with Gasteiger partial charge in [-0.2, -0.15) is 101 Å². The second-order valence-corrected chi connectivity index (χ2v) is 14.4. The van der Waals surface area contributed by atoms with Gasteiger partial charge in [0.05, 0.1) is 5.56 Å². The van der Waals surface area contributed by atoms with Gasteiger partial charge in [-0.25, -0.2) is 8.78 Å². The van der Waals surface area contributed by atoms with Gasteiger partial charge in [-0.05, 0) is 118 Å². The number of alkyl halides is 25. The van der Waals surface area contributed by atoms with Crippen LogP contribution in [-0.2, 0) is 29.9 Å². The van der Waals surface area contributed by atoms with Crippen LogP contribution in [0.1, 0.15) is 80.6 Å². The molecular formula is C38H33F25. The van der Waals surface area contributed by atoms with Crippen molar-refractivity contribution in [2.24, 2.45) is 0 Å². The van der Waals surface area contributed by atoms with E-state index in [1.165, 1.54) is 13.0 Å². The van der Waals surface area contributed by atoms with E-state index in [0.29, 0.717) is 24.6 Å². The molecule has 360 valence electrons. The third-order valence-corrected chi connectivity index (χ3v) is 9.22. The second-order valence-electron chi connectivity index (χ2n) is 14.4. The van der Waals surface area contributed by atoms with Crippen LogP contribution in [0, 0.1) is 48.5 Å². The van der Waals surface area contributed by atoms with E-state index in [-0.39, 0.29) is 31.0 Å². The Kier molecular flexibility index (Phi) is 15.7. The Bertz CT molecular complexity index is 2090. The van der Waals surface area contributed by atoms with Crippen LogP contribution >= 0.6 is 0 Å². The van der Waals surface area contributed by atoms with Crippen molar-refractivity contribution in [2.75, 3.05) is 0 Å². The highest BCUT2D eigenvalue weighted by molar-refractivity contribution is 5.44. The van der Waals surface area contributed by atoms with Gasteiger partial charge < -0.3 is 0 Å². The quantitative estimate of drug-likeness (QED) is 0.197. The predicted octanol–water partition coefficient (Wildman–Crippen LogP) is 16.3. The number of hydrogen-bond donors (Lipinski definition) is 0. The number of hydrogen-bond acceptors (Lipinski definition) is 0. The van der Waals surface area contributed by atoms with Gasteiger partial charge in [-0.1, -0.05) is 6.07 Å². The highest BCUT2D eigenvalue weighted by Gasteiger charge is 2.82. The molecule has 3 aromatic carbocycles. The first-order chi connectivity index (χ1) is 27.4. The lowest BCUT2D eigenvalue weighted by Gasteiger charge is -2.35. The molecule has 0 aliphatic heterocycles. The van der Waals surface area contributed by atoms with Gasteiger partial charge in [0.25, 0.3) is 5.92 Å². The fourth-order valence-electron chi connectivity index (χ4n) is 5.53. The first-order valence-corrected chi connectivity index (χ1v) is 16.9. The molecule has 3 rings (SSSR count). The molecule has 0 aliphatic rings. The Balaban J connectivity index is 0.000000523. The van der Waals surface area contributed by atoms with Crippen molar-refractivity contribution in [3.8, 4) is 0 Å². The van der Waals surface area contributed by atoms with E-state index < -0.39 is 123 Å². The number of benzene rings is 3. The summed E-state index contributed by atoms with van der Waals surface area (Å²) in [4.78, 5) is 0. The van der Waals surface area contributed by atoms with Crippen LogP contribution < -0.4 is 0 Å².